The van der Waals surface area contributed by atoms with Gasteiger partial charge in [0.1, 0.15) is 23.2 Å². The minimum Gasteiger partial charge on any atom is -0.486 e. The molecule has 1 amide bonds. The molecule has 2 aliphatic rings. The number of carbonyl (C=O) groups is 1. The molecule has 2 N–H and O–H groups in total. The third-order valence-corrected chi connectivity index (χ3v) is 8.91. The van der Waals surface area contributed by atoms with E-state index in [0.717, 1.165) is 32.2 Å². The number of rotatable bonds is 3. The first-order valence-corrected chi connectivity index (χ1v) is 13.4. The molecule has 0 aliphatic carbocycles. The zero-order valence-electron chi connectivity index (χ0n) is 20.2. The van der Waals surface area contributed by atoms with E-state index in [1.54, 1.807) is 40.9 Å². The van der Waals surface area contributed by atoms with E-state index in [-0.39, 0.29) is 17.0 Å². The van der Waals surface area contributed by atoms with Crippen LogP contribution in [-0.4, -0.2) is 29.6 Å². The molecule has 8 heteroatoms. The van der Waals surface area contributed by atoms with Gasteiger partial charge in [0.25, 0.3) is 5.91 Å². The summed E-state index contributed by atoms with van der Waals surface area (Å²) >= 11 is 3.31. The summed E-state index contributed by atoms with van der Waals surface area (Å²) in [6.07, 6.45) is 0.855. The van der Waals surface area contributed by atoms with E-state index in [9.17, 15) is 4.79 Å². The molecule has 0 saturated carbocycles. The zero-order valence-corrected chi connectivity index (χ0v) is 21.8. The lowest BCUT2D eigenvalue weighted by Crippen LogP contribution is -2.54. The van der Waals surface area contributed by atoms with Crippen molar-refractivity contribution in [3.8, 4) is 22.1 Å². The molecule has 6 nitrogen and oxygen atoms in total. The van der Waals surface area contributed by atoms with Crippen molar-refractivity contribution in [2.24, 2.45) is 0 Å². The molecule has 2 aliphatic heterocycles. The van der Waals surface area contributed by atoms with E-state index in [1.165, 1.54) is 10.4 Å². The van der Waals surface area contributed by atoms with Crippen molar-refractivity contribution in [1.29, 1.82) is 0 Å². The van der Waals surface area contributed by atoms with Gasteiger partial charge in [-0.1, -0.05) is 12.1 Å². The Hall–Kier alpha value is -2.94. The smallest absolute Gasteiger partial charge is 0.256 e. The fourth-order valence-corrected chi connectivity index (χ4v) is 7.56. The van der Waals surface area contributed by atoms with Crippen LogP contribution in [0.3, 0.4) is 0 Å². The molecule has 4 aromatic rings. The number of thiazole rings is 1. The normalized spacial score (nSPS) is 17.7. The van der Waals surface area contributed by atoms with Crippen LogP contribution in [0.5, 0.6) is 11.5 Å². The molecule has 4 heterocycles. The Labute approximate surface area is 212 Å². The largest absolute Gasteiger partial charge is 0.486 e. The van der Waals surface area contributed by atoms with E-state index < -0.39 is 0 Å². The molecule has 0 radical (unpaired) electrons. The molecule has 35 heavy (non-hydrogen) atoms. The summed E-state index contributed by atoms with van der Waals surface area (Å²) in [7, 11) is 0. The van der Waals surface area contributed by atoms with E-state index in [1.807, 2.05) is 18.2 Å². The maximum Gasteiger partial charge on any atom is 0.256 e. The standard InChI is InChI=1S/C27H27N3O3S2/c1-26(2)14-16-21(24-28-17-7-5-6-8-20(17)34-24)25(35-22(16)27(3,4)30-26)29-23(31)15-9-10-18-19(13-15)33-12-11-32-18/h5-10,13,30H,11-12,14H2,1-4H3,(H,29,31). The Balaban J connectivity index is 1.46. The molecule has 0 saturated heterocycles. The summed E-state index contributed by atoms with van der Waals surface area (Å²) in [6, 6.07) is 13.5. The van der Waals surface area contributed by atoms with Crippen LogP contribution in [-0.2, 0) is 12.0 Å². The molecule has 0 spiro atoms. The van der Waals surface area contributed by atoms with Gasteiger partial charge < -0.3 is 20.1 Å². The topological polar surface area (TPSA) is 72.5 Å². The summed E-state index contributed by atoms with van der Waals surface area (Å²) in [6.45, 7) is 9.87. The van der Waals surface area contributed by atoms with Crippen LogP contribution in [0.4, 0.5) is 5.00 Å². The molecule has 0 fully saturated rings. The van der Waals surface area contributed by atoms with Crippen molar-refractivity contribution in [2.45, 2.75) is 45.2 Å². The Morgan fingerprint density at radius 2 is 1.80 bits per heavy atom. The molecule has 2 aromatic carbocycles. The Kier molecular flexibility index (Phi) is 5.18. The Bertz CT molecular complexity index is 1430. The Morgan fingerprint density at radius 1 is 1.03 bits per heavy atom. The number of fused-ring (bicyclic) bond motifs is 3. The molecule has 0 bridgehead atoms. The lowest BCUT2D eigenvalue weighted by Gasteiger charge is -2.42. The maximum absolute atomic E-state index is 13.4. The first kappa shape index (κ1) is 22.5. The number of amides is 1. The highest BCUT2D eigenvalue weighted by Crippen LogP contribution is 2.50. The molecule has 2 aromatic heterocycles. The van der Waals surface area contributed by atoms with Crippen molar-refractivity contribution < 1.29 is 14.3 Å². The predicted octanol–water partition coefficient (Wildman–Crippen LogP) is 6.21. The first-order valence-electron chi connectivity index (χ1n) is 11.7. The fraction of sp³-hybridized carbons (Fsp3) is 0.333. The van der Waals surface area contributed by atoms with Gasteiger partial charge in [0.2, 0.25) is 0 Å². The highest BCUT2D eigenvalue weighted by Gasteiger charge is 2.41. The van der Waals surface area contributed by atoms with Gasteiger partial charge in [0.05, 0.1) is 10.2 Å². The van der Waals surface area contributed by atoms with Gasteiger partial charge in [-0.05, 0) is 70.0 Å². The molecule has 0 atom stereocenters. The van der Waals surface area contributed by atoms with Gasteiger partial charge >= 0.3 is 0 Å². The lowest BCUT2D eigenvalue weighted by molar-refractivity contribution is 0.102. The number of thiophene rings is 1. The van der Waals surface area contributed by atoms with E-state index >= 15 is 0 Å². The van der Waals surface area contributed by atoms with Crippen molar-refractivity contribution >= 4 is 43.8 Å². The second kappa shape index (κ2) is 8.05. The van der Waals surface area contributed by atoms with Gasteiger partial charge in [0, 0.05) is 27.1 Å². The number of anilines is 1. The van der Waals surface area contributed by atoms with Gasteiger partial charge in [-0.3, -0.25) is 4.79 Å². The minimum absolute atomic E-state index is 0.0832. The van der Waals surface area contributed by atoms with Crippen LogP contribution in [0.1, 0.15) is 48.5 Å². The highest BCUT2D eigenvalue weighted by atomic mass is 32.1. The summed E-state index contributed by atoms with van der Waals surface area (Å²) in [4.78, 5) is 19.6. The fourth-order valence-electron chi connectivity index (χ4n) is 5.18. The summed E-state index contributed by atoms with van der Waals surface area (Å²) in [5, 5.41) is 8.77. The molecular formula is C27H27N3O3S2. The highest BCUT2D eigenvalue weighted by molar-refractivity contribution is 7.23. The first-order chi connectivity index (χ1) is 16.7. The van der Waals surface area contributed by atoms with Crippen molar-refractivity contribution in [3.05, 3.63) is 58.5 Å². The third kappa shape index (κ3) is 3.99. The van der Waals surface area contributed by atoms with Gasteiger partial charge in [-0.2, -0.15) is 0 Å². The van der Waals surface area contributed by atoms with Crippen LogP contribution in [0.25, 0.3) is 20.8 Å². The minimum atomic E-state index is -0.229. The van der Waals surface area contributed by atoms with E-state index in [2.05, 4.69) is 44.4 Å². The third-order valence-electron chi connectivity index (χ3n) is 6.38. The Morgan fingerprint density at radius 3 is 2.60 bits per heavy atom. The van der Waals surface area contributed by atoms with Crippen LogP contribution < -0.4 is 20.1 Å². The van der Waals surface area contributed by atoms with Crippen LogP contribution >= 0.6 is 22.7 Å². The van der Waals surface area contributed by atoms with Gasteiger partial charge in [-0.25, -0.2) is 4.98 Å². The quantitative estimate of drug-likeness (QED) is 0.346. The number of nitrogens with one attached hydrogen (secondary N) is 2. The van der Waals surface area contributed by atoms with E-state index in [0.29, 0.717) is 30.3 Å². The number of para-hydroxylation sites is 1. The van der Waals surface area contributed by atoms with E-state index in [4.69, 9.17) is 14.5 Å². The number of hydrogen-bond donors (Lipinski definition) is 2. The number of benzene rings is 2. The van der Waals surface area contributed by atoms with Crippen LogP contribution in [0.2, 0.25) is 0 Å². The number of hydrogen-bond acceptors (Lipinski definition) is 7. The molecular weight excluding hydrogens is 478 g/mol. The van der Waals surface area contributed by atoms with Gasteiger partial charge in [0.15, 0.2) is 11.5 Å². The maximum atomic E-state index is 13.4. The number of nitrogens with zero attached hydrogens (tertiary/aromatic N) is 1. The summed E-state index contributed by atoms with van der Waals surface area (Å²) < 4.78 is 12.4. The summed E-state index contributed by atoms with van der Waals surface area (Å²) in [5.41, 5.74) is 3.51. The lowest BCUT2D eigenvalue weighted by atomic mass is 9.81. The van der Waals surface area contributed by atoms with Crippen molar-refractivity contribution in [1.82, 2.24) is 10.3 Å². The molecule has 6 rings (SSSR count). The monoisotopic (exact) mass is 505 g/mol. The summed E-state index contributed by atoms with van der Waals surface area (Å²) in [5.74, 6) is 1.10. The van der Waals surface area contributed by atoms with Crippen LogP contribution in [0, 0.1) is 0 Å². The molecule has 0 unspecified atom stereocenters. The van der Waals surface area contributed by atoms with Crippen LogP contribution in [0.15, 0.2) is 42.5 Å². The average molecular weight is 506 g/mol. The van der Waals surface area contributed by atoms with Crippen molar-refractivity contribution in [2.75, 3.05) is 18.5 Å². The molecule has 180 valence electrons. The second-order valence-electron chi connectivity index (χ2n) is 10.2. The SMILES string of the molecule is CC1(C)Cc2c(sc(NC(=O)c3ccc4c(c3)OCCO4)c2-c2nc3ccccc3s2)C(C)(C)N1. The second-order valence-corrected chi connectivity index (χ2v) is 12.3. The number of ether oxygens (including phenoxy) is 2. The number of aromatic nitrogens is 1. The van der Waals surface area contributed by atoms with Crippen molar-refractivity contribution in [3.63, 3.8) is 0 Å². The zero-order chi connectivity index (χ0) is 24.4. The predicted molar refractivity (Wildman–Crippen MR) is 142 cm³/mol. The average Bonchev–Trinajstić information content (AvgIpc) is 3.38. The van der Waals surface area contributed by atoms with Gasteiger partial charge in [-0.15, -0.1) is 22.7 Å². The number of carbonyl (C=O) groups excluding carboxylic acids is 1.